The molecule has 108 valence electrons. The summed E-state index contributed by atoms with van der Waals surface area (Å²) in [4.78, 5) is 12.1. The summed E-state index contributed by atoms with van der Waals surface area (Å²) in [7, 11) is 0. The molecular formula is C14H18N2O4. The fourth-order valence-corrected chi connectivity index (χ4v) is 2.27. The molecule has 0 spiro atoms. The molecule has 2 aliphatic heterocycles. The van der Waals surface area contributed by atoms with Crippen molar-refractivity contribution in [1.82, 2.24) is 5.32 Å². The number of hydrogen-bond acceptors (Lipinski definition) is 5. The van der Waals surface area contributed by atoms with Crippen molar-refractivity contribution in [2.24, 2.45) is 0 Å². The zero-order valence-electron chi connectivity index (χ0n) is 11.1. The Labute approximate surface area is 117 Å². The molecule has 0 saturated carbocycles. The van der Waals surface area contributed by atoms with Crippen molar-refractivity contribution in [2.75, 3.05) is 38.2 Å². The third kappa shape index (κ3) is 3.16. The Bertz CT molecular complexity index is 468. The van der Waals surface area contributed by atoms with Crippen LogP contribution in [0.4, 0.5) is 5.69 Å². The Kier molecular flexibility index (Phi) is 4.27. The number of amides is 1. The number of rotatable bonds is 3. The molecule has 6 nitrogen and oxygen atoms in total. The van der Waals surface area contributed by atoms with E-state index >= 15 is 0 Å². The summed E-state index contributed by atoms with van der Waals surface area (Å²) in [6.07, 6.45) is -0.772. The molecule has 1 atom stereocenters. The number of ether oxygens (including phenoxy) is 3. The van der Waals surface area contributed by atoms with Crippen LogP contribution >= 0.6 is 0 Å². The van der Waals surface area contributed by atoms with Gasteiger partial charge in [-0.15, -0.1) is 0 Å². The van der Waals surface area contributed by atoms with E-state index in [1.54, 1.807) is 0 Å². The summed E-state index contributed by atoms with van der Waals surface area (Å²) in [5, 5.41) is 5.99. The van der Waals surface area contributed by atoms with E-state index < -0.39 is 6.10 Å². The highest BCUT2D eigenvalue weighted by Crippen LogP contribution is 2.25. The molecule has 0 aromatic heterocycles. The van der Waals surface area contributed by atoms with Gasteiger partial charge in [0.2, 0.25) is 0 Å². The summed E-state index contributed by atoms with van der Waals surface area (Å²) in [5.41, 5.74) is 1.63. The first kappa shape index (κ1) is 13.5. The molecule has 0 radical (unpaired) electrons. The van der Waals surface area contributed by atoms with Crippen molar-refractivity contribution in [3.05, 3.63) is 29.8 Å². The smallest absolute Gasteiger partial charge is 0.254 e. The van der Waals surface area contributed by atoms with E-state index in [-0.39, 0.29) is 12.2 Å². The molecule has 2 saturated heterocycles. The third-order valence-electron chi connectivity index (χ3n) is 3.27. The van der Waals surface area contributed by atoms with Crippen molar-refractivity contribution in [3.63, 3.8) is 0 Å². The highest BCUT2D eigenvalue weighted by Gasteiger charge is 2.22. The van der Waals surface area contributed by atoms with Crippen LogP contribution in [0.15, 0.2) is 24.3 Å². The molecule has 20 heavy (non-hydrogen) atoms. The number of morpholine rings is 1. The van der Waals surface area contributed by atoms with E-state index in [4.69, 9.17) is 14.2 Å². The summed E-state index contributed by atoms with van der Waals surface area (Å²) < 4.78 is 16.3. The number of nitrogens with one attached hydrogen (secondary N) is 2. The van der Waals surface area contributed by atoms with Crippen molar-refractivity contribution in [3.8, 4) is 0 Å². The van der Waals surface area contributed by atoms with Crippen molar-refractivity contribution in [2.45, 2.75) is 12.4 Å². The van der Waals surface area contributed by atoms with Crippen LogP contribution in [-0.4, -0.2) is 44.9 Å². The van der Waals surface area contributed by atoms with Gasteiger partial charge in [0, 0.05) is 24.3 Å². The minimum atomic E-state index is -0.439. The third-order valence-corrected chi connectivity index (χ3v) is 3.27. The first-order valence-electron chi connectivity index (χ1n) is 6.79. The number of hydrogen-bond donors (Lipinski definition) is 2. The zero-order valence-corrected chi connectivity index (χ0v) is 11.1. The summed E-state index contributed by atoms with van der Waals surface area (Å²) >= 11 is 0. The van der Waals surface area contributed by atoms with Crippen molar-refractivity contribution in [1.29, 1.82) is 0 Å². The Morgan fingerprint density at radius 3 is 2.80 bits per heavy atom. The molecule has 2 aliphatic rings. The van der Waals surface area contributed by atoms with Crippen LogP contribution in [0.25, 0.3) is 0 Å². The Morgan fingerprint density at radius 2 is 2.05 bits per heavy atom. The summed E-state index contributed by atoms with van der Waals surface area (Å²) in [6.45, 7) is 3.09. The maximum absolute atomic E-state index is 12.1. The van der Waals surface area contributed by atoms with Crippen LogP contribution in [0, 0.1) is 0 Å². The van der Waals surface area contributed by atoms with Crippen molar-refractivity contribution < 1.29 is 19.0 Å². The highest BCUT2D eigenvalue weighted by molar-refractivity contribution is 5.94. The van der Waals surface area contributed by atoms with Gasteiger partial charge in [-0.2, -0.15) is 0 Å². The van der Waals surface area contributed by atoms with Gasteiger partial charge >= 0.3 is 0 Å². The lowest BCUT2D eigenvalue weighted by molar-refractivity contribution is -0.128. The van der Waals surface area contributed by atoms with E-state index in [0.29, 0.717) is 26.4 Å². The van der Waals surface area contributed by atoms with E-state index in [1.807, 2.05) is 24.3 Å². The Hall–Kier alpha value is -1.47. The van der Waals surface area contributed by atoms with Gasteiger partial charge in [-0.05, 0) is 12.1 Å². The lowest BCUT2D eigenvalue weighted by Crippen LogP contribution is -2.45. The average Bonchev–Trinajstić information content (AvgIpc) is 3.03. The maximum atomic E-state index is 12.1. The second-order valence-electron chi connectivity index (χ2n) is 4.75. The first-order valence-corrected chi connectivity index (χ1v) is 6.79. The number of carbonyl (C=O) groups is 1. The summed E-state index contributed by atoms with van der Waals surface area (Å²) in [6, 6.07) is 7.50. The molecular weight excluding hydrogens is 260 g/mol. The first-order chi connectivity index (χ1) is 9.83. The predicted molar refractivity (Wildman–Crippen MR) is 72.3 cm³/mol. The average molecular weight is 278 g/mol. The Balaban J connectivity index is 1.64. The molecule has 6 heteroatoms. The summed E-state index contributed by atoms with van der Waals surface area (Å²) in [5.74, 6) is -0.136. The second kappa shape index (κ2) is 6.32. The van der Waals surface area contributed by atoms with Gasteiger partial charge in [-0.1, -0.05) is 12.1 Å². The molecule has 1 aromatic rings. The lowest BCUT2D eigenvalue weighted by atomic mass is 10.2. The van der Waals surface area contributed by atoms with E-state index in [9.17, 15) is 4.79 Å². The molecule has 2 fully saturated rings. The fourth-order valence-electron chi connectivity index (χ4n) is 2.27. The lowest BCUT2D eigenvalue weighted by Gasteiger charge is -2.22. The molecule has 1 amide bonds. The minimum absolute atomic E-state index is 0.136. The molecule has 0 bridgehead atoms. The van der Waals surface area contributed by atoms with Crippen LogP contribution in [-0.2, 0) is 19.0 Å². The van der Waals surface area contributed by atoms with E-state index in [2.05, 4.69) is 10.6 Å². The van der Waals surface area contributed by atoms with Gasteiger partial charge in [0.05, 0.1) is 19.8 Å². The van der Waals surface area contributed by atoms with E-state index in [1.165, 1.54) is 0 Å². The van der Waals surface area contributed by atoms with Gasteiger partial charge in [-0.25, -0.2) is 0 Å². The second-order valence-corrected chi connectivity index (χ2v) is 4.75. The molecule has 2 heterocycles. The van der Waals surface area contributed by atoms with Crippen LogP contribution in [0.3, 0.4) is 0 Å². The maximum Gasteiger partial charge on any atom is 0.254 e. The molecule has 3 rings (SSSR count). The Morgan fingerprint density at radius 1 is 1.20 bits per heavy atom. The number of carbonyl (C=O) groups excluding carboxylic acids is 1. The van der Waals surface area contributed by atoms with Gasteiger partial charge < -0.3 is 24.8 Å². The molecule has 1 unspecified atom stereocenters. The zero-order chi connectivity index (χ0) is 13.8. The van der Waals surface area contributed by atoms with E-state index in [0.717, 1.165) is 17.8 Å². The normalized spacial score (nSPS) is 23.7. The molecule has 2 N–H and O–H groups in total. The van der Waals surface area contributed by atoms with Gasteiger partial charge in [0.25, 0.3) is 5.91 Å². The molecule has 1 aromatic carbocycles. The van der Waals surface area contributed by atoms with Crippen LogP contribution < -0.4 is 10.6 Å². The SMILES string of the molecule is O=C(Nc1cccc(C2OCCO2)c1)C1CNCCO1. The predicted octanol–water partition coefficient (Wildman–Crippen LogP) is 0.659. The monoisotopic (exact) mass is 278 g/mol. The van der Waals surface area contributed by atoms with Crippen LogP contribution in [0.1, 0.15) is 11.9 Å². The standard InChI is InChI=1S/C14H18N2O4/c17-13(12-9-15-4-5-18-12)16-11-3-1-2-10(8-11)14-19-6-7-20-14/h1-3,8,12,14-15H,4-7,9H2,(H,16,17). The molecule has 0 aliphatic carbocycles. The fraction of sp³-hybridized carbons (Fsp3) is 0.500. The van der Waals surface area contributed by atoms with Crippen molar-refractivity contribution >= 4 is 11.6 Å². The largest absolute Gasteiger partial charge is 0.366 e. The van der Waals surface area contributed by atoms with Gasteiger partial charge in [0.15, 0.2) is 6.29 Å². The minimum Gasteiger partial charge on any atom is -0.366 e. The van der Waals surface area contributed by atoms with Crippen LogP contribution in [0.2, 0.25) is 0 Å². The quantitative estimate of drug-likeness (QED) is 0.850. The topological polar surface area (TPSA) is 68.8 Å². The number of anilines is 1. The number of benzene rings is 1. The van der Waals surface area contributed by atoms with Crippen LogP contribution in [0.5, 0.6) is 0 Å². The van der Waals surface area contributed by atoms with Gasteiger partial charge in [0.1, 0.15) is 6.10 Å². The van der Waals surface area contributed by atoms with Gasteiger partial charge in [-0.3, -0.25) is 4.79 Å². The highest BCUT2D eigenvalue weighted by atomic mass is 16.7.